The molecule has 0 bridgehead atoms. The lowest BCUT2D eigenvalue weighted by Gasteiger charge is -2.31. The monoisotopic (exact) mass is 258 g/mol. The van der Waals surface area contributed by atoms with Crippen molar-refractivity contribution in [3.63, 3.8) is 0 Å². The molecule has 0 aliphatic heterocycles. The molecule has 0 N–H and O–H groups in total. The molecule has 2 nitrogen and oxygen atoms in total. The van der Waals surface area contributed by atoms with Crippen LogP contribution in [0.2, 0.25) is 0 Å². The lowest BCUT2D eigenvalue weighted by molar-refractivity contribution is -0.147. The summed E-state index contributed by atoms with van der Waals surface area (Å²) >= 11 is 0. The van der Waals surface area contributed by atoms with Crippen LogP contribution in [0, 0.1) is 11.3 Å². The summed E-state index contributed by atoms with van der Waals surface area (Å²) in [5.41, 5.74) is -0.304. The van der Waals surface area contributed by atoms with Crippen LogP contribution in [0.3, 0.4) is 0 Å². The van der Waals surface area contributed by atoms with Crippen molar-refractivity contribution in [1.82, 2.24) is 0 Å². The molecule has 0 aliphatic carbocycles. The lowest BCUT2D eigenvalue weighted by atomic mass is 9.74. The van der Waals surface area contributed by atoms with Gasteiger partial charge in [0.25, 0.3) is 5.97 Å². The highest BCUT2D eigenvalue weighted by atomic mass is 28.2. The number of rotatable bonds is 9. The molecule has 0 aromatic heterocycles. The van der Waals surface area contributed by atoms with Gasteiger partial charge in [-0.25, -0.2) is 0 Å². The third kappa shape index (κ3) is 5.71. The molecule has 0 radical (unpaired) electrons. The maximum Gasteiger partial charge on any atom is 0.297 e. The van der Waals surface area contributed by atoms with Gasteiger partial charge in [-0.2, -0.15) is 0 Å². The first-order valence-corrected chi connectivity index (χ1v) is 7.90. The smallest absolute Gasteiger partial charge is 0.297 e. The molecule has 1 unspecified atom stereocenters. The van der Waals surface area contributed by atoms with Gasteiger partial charge in [-0.15, -0.1) is 0 Å². The van der Waals surface area contributed by atoms with Crippen molar-refractivity contribution in [3.8, 4) is 0 Å². The first kappa shape index (κ1) is 16.7. The van der Waals surface area contributed by atoms with Crippen LogP contribution in [0.5, 0.6) is 0 Å². The third-order valence-electron chi connectivity index (χ3n) is 3.88. The van der Waals surface area contributed by atoms with Crippen molar-refractivity contribution in [2.75, 3.05) is 0 Å². The predicted molar refractivity (Wildman–Crippen MR) is 77.0 cm³/mol. The van der Waals surface area contributed by atoms with Crippen molar-refractivity contribution in [2.45, 2.75) is 72.6 Å². The van der Waals surface area contributed by atoms with E-state index >= 15 is 0 Å². The Balaban J connectivity index is 4.09. The summed E-state index contributed by atoms with van der Waals surface area (Å²) < 4.78 is 5.04. The fourth-order valence-electron chi connectivity index (χ4n) is 2.50. The summed E-state index contributed by atoms with van der Waals surface area (Å²) in [5.74, 6) is 0.454. The van der Waals surface area contributed by atoms with E-state index in [1.165, 1.54) is 32.1 Å². The molecule has 0 heterocycles. The predicted octanol–water partition coefficient (Wildman–Crippen LogP) is 3.22. The molecule has 1 atom stereocenters. The highest BCUT2D eigenvalue weighted by molar-refractivity contribution is 6.06. The summed E-state index contributed by atoms with van der Waals surface area (Å²) in [5, 5.41) is 0. The van der Waals surface area contributed by atoms with E-state index in [-0.39, 0.29) is 11.4 Å². The van der Waals surface area contributed by atoms with Gasteiger partial charge in [0.05, 0.1) is 5.41 Å². The maximum atomic E-state index is 11.8. The molecule has 0 aliphatic rings. The third-order valence-corrected chi connectivity index (χ3v) is 4.25. The van der Waals surface area contributed by atoms with Crippen LogP contribution in [-0.4, -0.2) is 16.5 Å². The van der Waals surface area contributed by atoms with E-state index in [2.05, 4.69) is 13.8 Å². The van der Waals surface area contributed by atoms with Crippen LogP contribution in [0.4, 0.5) is 0 Å². The van der Waals surface area contributed by atoms with Crippen molar-refractivity contribution < 1.29 is 9.22 Å². The highest BCUT2D eigenvalue weighted by Gasteiger charge is 2.35. The second kappa shape index (κ2) is 8.73. The van der Waals surface area contributed by atoms with Crippen LogP contribution in [0.1, 0.15) is 72.6 Å². The molecule has 0 rings (SSSR count). The Morgan fingerprint density at radius 2 is 1.76 bits per heavy atom. The minimum absolute atomic E-state index is 0.00965. The molecule has 0 saturated carbocycles. The van der Waals surface area contributed by atoms with E-state index in [0.717, 1.165) is 12.8 Å². The van der Waals surface area contributed by atoms with E-state index in [1.54, 1.807) is 0 Å². The normalized spacial score (nSPS) is 13.6. The van der Waals surface area contributed by atoms with Crippen molar-refractivity contribution in [2.24, 2.45) is 11.3 Å². The van der Waals surface area contributed by atoms with E-state index in [9.17, 15) is 4.79 Å². The molecular weight excluding hydrogens is 228 g/mol. The van der Waals surface area contributed by atoms with Crippen LogP contribution >= 0.6 is 0 Å². The Bertz CT molecular complexity index is 214. The molecule has 0 amide bonds. The van der Waals surface area contributed by atoms with Gasteiger partial charge in [0, 0.05) is 0 Å². The average Bonchev–Trinajstić information content (AvgIpc) is 2.32. The topological polar surface area (TPSA) is 26.3 Å². The van der Waals surface area contributed by atoms with Crippen LogP contribution in [-0.2, 0) is 9.22 Å². The number of carbonyl (C=O) groups is 1. The zero-order chi connectivity index (χ0) is 13.3. The highest BCUT2D eigenvalue weighted by Crippen LogP contribution is 2.34. The van der Waals surface area contributed by atoms with Gasteiger partial charge in [0.15, 0.2) is 0 Å². The van der Waals surface area contributed by atoms with E-state index in [1.807, 2.05) is 13.8 Å². The number of hydrogen-bond donors (Lipinski definition) is 0. The largest absolute Gasteiger partial charge is 0.528 e. The molecule has 0 spiro atoms. The number of hydrogen-bond acceptors (Lipinski definition) is 2. The van der Waals surface area contributed by atoms with Gasteiger partial charge < -0.3 is 4.43 Å². The van der Waals surface area contributed by atoms with Gasteiger partial charge in [-0.3, -0.25) is 4.79 Å². The van der Waals surface area contributed by atoms with Gasteiger partial charge >= 0.3 is 0 Å². The number of unbranched alkanes of at least 4 members (excludes halogenated alkanes) is 4. The fraction of sp³-hybridized carbons (Fsp3) is 0.929. The van der Waals surface area contributed by atoms with Crippen LogP contribution < -0.4 is 0 Å². The standard InChI is InChI=1S/C14H30O2Si/c1-5-7-8-9-10-11-12(6-2)14(3,4)13(15)16-17/h12H,5-11H2,1-4,17H3. The minimum Gasteiger partial charge on any atom is -0.528 e. The summed E-state index contributed by atoms with van der Waals surface area (Å²) in [7, 11) is 0.509. The van der Waals surface area contributed by atoms with E-state index in [0.29, 0.717) is 16.4 Å². The Morgan fingerprint density at radius 1 is 1.18 bits per heavy atom. The summed E-state index contributed by atoms with van der Waals surface area (Å²) in [4.78, 5) is 11.8. The molecule has 0 saturated heterocycles. The van der Waals surface area contributed by atoms with Gasteiger partial charge in [0.2, 0.25) is 10.5 Å². The molecule has 3 heteroatoms. The second-order valence-electron chi connectivity index (χ2n) is 5.52. The molecule has 102 valence electrons. The minimum atomic E-state index is -0.304. The van der Waals surface area contributed by atoms with Crippen molar-refractivity contribution in [3.05, 3.63) is 0 Å². The van der Waals surface area contributed by atoms with Crippen LogP contribution in [0.25, 0.3) is 0 Å². The first-order valence-electron chi connectivity index (χ1n) is 7.09. The second-order valence-corrected chi connectivity index (χ2v) is 5.93. The zero-order valence-electron chi connectivity index (χ0n) is 12.3. The molecule has 0 aromatic carbocycles. The maximum absolute atomic E-state index is 11.8. The van der Waals surface area contributed by atoms with Crippen molar-refractivity contribution >= 4 is 16.5 Å². The Kier molecular flexibility index (Phi) is 8.57. The Morgan fingerprint density at radius 3 is 2.24 bits per heavy atom. The summed E-state index contributed by atoms with van der Waals surface area (Å²) in [6.45, 7) is 8.48. The number of carbonyl (C=O) groups excluding carboxylic acids is 1. The van der Waals surface area contributed by atoms with Crippen molar-refractivity contribution in [1.29, 1.82) is 0 Å². The SMILES string of the molecule is CCCCCCCC(CC)C(C)(C)C(=O)O[SiH3]. The fourth-order valence-corrected chi connectivity index (χ4v) is 3.03. The summed E-state index contributed by atoms with van der Waals surface area (Å²) in [6.07, 6.45) is 8.73. The first-order chi connectivity index (χ1) is 8.00. The van der Waals surface area contributed by atoms with E-state index < -0.39 is 0 Å². The Hall–Kier alpha value is -0.313. The zero-order valence-corrected chi connectivity index (χ0v) is 14.3. The van der Waals surface area contributed by atoms with Gasteiger partial charge in [-0.05, 0) is 26.2 Å². The lowest BCUT2D eigenvalue weighted by Crippen LogP contribution is -2.34. The van der Waals surface area contributed by atoms with Gasteiger partial charge in [0.1, 0.15) is 0 Å². The van der Waals surface area contributed by atoms with Crippen LogP contribution in [0.15, 0.2) is 0 Å². The Labute approximate surface area is 110 Å². The molecule has 0 fully saturated rings. The average molecular weight is 258 g/mol. The molecular formula is C14H30O2Si. The summed E-state index contributed by atoms with van der Waals surface area (Å²) in [6, 6.07) is 0. The van der Waals surface area contributed by atoms with Gasteiger partial charge in [-0.1, -0.05) is 52.4 Å². The quantitative estimate of drug-likeness (QED) is 0.469. The van der Waals surface area contributed by atoms with E-state index in [4.69, 9.17) is 4.43 Å². The molecule has 17 heavy (non-hydrogen) atoms. The molecule has 0 aromatic rings.